The van der Waals surface area contributed by atoms with Gasteiger partial charge in [-0.05, 0) is 23.8 Å². The number of phenols is 1. The van der Waals surface area contributed by atoms with Gasteiger partial charge < -0.3 is 9.84 Å². The Kier molecular flexibility index (Phi) is 3.63. The van der Waals surface area contributed by atoms with Crippen LogP contribution in [0.2, 0.25) is 0 Å². The summed E-state index contributed by atoms with van der Waals surface area (Å²) < 4.78 is 5.05. The van der Waals surface area contributed by atoms with Crippen molar-refractivity contribution in [1.82, 2.24) is 0 Å². The molecule has 3 nitrogen and oxygen atoms in total. The number of carbonyl (C=O) groups is 1. The normalized spacial score (nSPS) is 10.1. The first-order chi connectivity index (χ1) is 8.70. The van der Waals surface area contributed by atoms with Crippen LogP contribution in [0.25, 0.3) is 0 Å². The van der Waals surface area contributed by atoms with Crippen molar-refractivity contribution in [2.24, 2.45) is 0 Å². The lowest BCUT2D eigenvalue weighted by Crippen LogP contribution is -2.04. The van der Waals surface area contributed by atoms with Gasteiger partial charge in [-0.2, -0.15) is 0 Å². The Labute approximate surface area is 106 Å². The van der Waals surface area contributed by atoms with Crippen LogP contribution in [-0.4, -0.2) is 18.0 Å². The van der Waals surface area contributed by atoms with E-state index in [-0.39, 0.29) is 18.0 Å². The van der Waals surface area contributed by atoms with Crippen molar-refractivity contribution in [3.63, 3.8) is 0 Å². The maximum Gasteiger partial charge on any atom is 0.171 e. The zero-order valence-corrected chi connectivity index (χ0v) is 10.1. The van der Waals surface area contributed by atoms with Crippen molar-refractivity contribution >= 4 is 5.78 Å². The molecule has 0 aliphatic rings. The van der Waals surface area contributed by atoms with E-state index in [1.165, 1.54) is 13.2 Å². The smallest absolute Gasteiger partial charge is 0.171 e. The van der Waals surface area contributed by atoms with E-state index in [1.54, 1.807) is 12.1 Å². The summed E-state index contributed by atoms with van der Waals surface area (Å²) in [7, 11) is 1.53. The van der Waals surface area contributed by atoms with Crippen LogP contribution >= 0.6 is 0 Å². The number of rotatable bonds is 4. The topological polar surface area (TPSA) is 46.5 Å². The largest absolute Gasteiger partial charge is 0.507 e. The van der Waals surface area contributed by atoms with E-state index < -0.39 is 0 Å². The van der Waals surface area contributed by atoms with Gasteiger partial charge in [0.1, 0.15) is 11.5 Å². The fourth-order valence-corrected chi connectivity index (χ4v) is 1.74. The van der Waals surface area contributed by atoms with Crippen molar-refractivity contribution in [2.45, 2.75) is 6.42 Å². The Morgan fingerprint density at radius 3 is 2.56 bits per heavy atom. The average Bonchev–Trinajstić information content (AvgIpc) is 2.40. The van der Waals surface area contributed by atoms with E-state index in [1.807, 2.05) is 30.3 Å². The second-order valence-corrected chi connectivity index (χ2v) is 3.97. The molecule has 3 heteroatoms. The molecule has 0 aliphatic carbocycles. The molecule has 0 atom stereocenters. The highest BCUT2D eigenvalue weighted by molar-refractivity contribution is 6.00. The molecule has 0 unspecified atom stereocenters. The number of methoxy groups -OCH3 is 1. The van der Waals surface area contributed by atoms with Crippen LogP contribution in [0.3, 0.4) is 0 Å². The number of phenolic OH excluding ortho intramolecular Hbond substituents is 1. The second-order valence-electron chi connectivity index (χ2n) is 3.97. The Bertz CT molecular complexity index is 547. The number of ketones is 1. The molecule has 0 spiro atoms. The zero-order chi connectivity index (χ0) is 13.0. The van der Waals surface area contributed by atoms with Gasteiger partial charge in [0.2, 0.25) is 0 Å². The fourth-order valence-electron chi connectivity index (χ4n) is 1.74. The van der Waals surface area contributed by atoms with Crippen LogP contribution in [0, 0.1) is 0 Å². The summed E-state index contributed by atoms with van der Waals surface area (Å²) in [5, 5.41) is 9.70. The summed E-state index contributed by atoms with van der Waals surface area (Å²) in [6.07, 6.45) is 0.265. The third-order valence-corrected chi connectivity index (χ3v) is 2.71. The highest BCUT2D eigenvalue weighted by Gasteiger charge is 2.12. The van der Waals surface area contributed by atoms with Crippen LogP contribution in [0.4, 0.5) is 0 Å². The van der Waals surface area contributed by atoms with Crippen molar-refractivity contribution in [3.8, 4) is 11.5 Å². The minimum absolute atomic E-state index is 0.0169. The van der Waals surface area contributed by atoms with Crippen molar-refractivity contribution in [1.29, 1.82) is 0 Å². The van der Waals surface area contributed by atoms with Crippen LogP contribution < -0.4 is 4.74 Å². The number of hydrogen-bond acceptors (Lipinski definition) is 3. The molecule has 92 valence electrons. The molecule has 0 aromatic heterocycles. The van der Waals surface area contributed by atoms with Gasteiger partial charge in [-0.1, -0.05) is 30.3 Å². The monoisotopic (exact) mass is 242 g/mol. The number of aromatic hydroxyl groups is 1. The van der Waals surface area contributed by atoms with Gasteiger partial charge in [0.05, 0.1) is 12.7 Å². The molecule has 0 bridgehead atoms. The highest BCUT2D eigenvalue weighted by atomic mass is 16.5. The number of hydrogen-bond donors (Lipinski definition) is 1. The minimum atomic E-state index is -0.127. The lowest BCUT2D eigenvalue weighted by atomic mass is 10.0. The number of benzene rings is 2. The molecule has 2 rings (SSSR count). The fraction of sp³-hybridized carbons (Fsp3) is 0.133. The molecule has 2 aromatic carbocycles. The Morgan fingerprint density at radius 1 is 1.17 bits per heavy atom. The molecule has 0 saturated heterocycles. The molecule has 0 fully saturated rings. The molecule has 2 aromatic rings. The van der Waals surface area contributed by atoms with Crippen LogP contribution in [0.15, 0.2) is 48.5 Å². The molecular formula is C15H14O3. The van der Waals surface area contributed by atoms with Gasteiger partial charge in [-0.15, -0.1) is 0 Å². The lowest BCUT2D eigenvalue weighted by Gasteiger charge is -2.06. The quantitative estimate of drug-likeness (QED) is 0.838. The molecule has 0 saturated carbocycles. The summed E-state index contributed by atoms with van der Waals surface area (Å²) in [4.78, 5) is 12.1. The number of Topliss-reactive ketones (excluding diaryl/α,β-unsaturated/α-hetero) is 1. The van der Waals surface area contributed by atoms with Gasteiger partial charge in [-0.25, -0.2) is 0 Å². The van der Waals surface area contributed by atoms with Crippen molar-refractivity contribution in [2.75, 3.05) is 7.11 Å². The van der Waals surface area contributed by atoms with E-state index in [4.69, 9.17) is 4.74 Å². The minimum Gasteiger partial charge on any atom is -0.507 e. The first kappa shape index (κ1) is 12.2. The standard InChI is InChI=1S/C15H14O3/c1-18-12-7-8-14(16)13(10-12)15(17)9-11-5-3-2-4-6-11/h2-8,10,16H,9H2,1H3. The average molecular weight is 242 g/mol. The first-order valence-electron chi connectivity index (χ1n) is 5.65. The second kappa shape index (κ2) is 5.36. The highest BCUT2D eigenvalue weighted by Crippen LogP contribution is 2.24. The van der Waals surface area contributed by atoms with E-state index in [2.05, 4.69) is 0 Å². The summed E-state index contributed by atoms with van der Waals surface area (Å²) in [6.45, 7) is 0. The van der Waals surface area contributed by atoms with Gasteiger partial charge in [0.25, 0.3) is 0 Å². The van der Waals surface area contributed by atoms with E-state index >= 15 is 0 Å². The molecule has 0 amide bonds. The SMILES string of the molecule is COc1ccc(O)c(C(=O)Cc2ccccc2)c1. The van der Waals surface area contributed by atoms with Gasteiger partial charge in [0, 0.05) is 6.42 Å². The summed E-state index contributed by atoms with van der Waals surface area (Å²) >= 11 is 0. The third kappa shape index (κ3) is 2.69. The van der Waals surface area contributed by atoms with E-state index in [9.17, 15) is 9.90 Å². The maximum atomic E-state index is 12.1. The molecule has 0 heterocycles. The van der Waals surface area contributed by atoms with Gasteiger partial charge in [-0.3, -0.25) is 4.79 Å². The zero-order valence-electron chi connectivity index (χ0n) is 10.1. The molecule has 1 N–H and O–H groups in total. The Balaban J connectivity index is 2.23. The Morgan fingerprint density at radius 2 is 1.89 bits per heavy atom. The van der Waals surface area contributed by atoms with Crippen LogP contribution in [-0.2, 0) is 6.42 Å². The predicted molar refractivity (Wildman–Crippen MR) is 69.1 cm³/mol. The summed E-state index contributed by atoms with van der Waals surface area (Å²) in [5.74, 6) is 0.415. The maximum absolute atomic E-state index is 12.1. The predicted octanol–water partition coefficient (Wildman–Crippen LogP) is 2.83. The molecule has 18 heavy (non-hydrogen) atoms. The number of ether oxygens (including phenoxy) is 1. The van der Waals surface area contributed by atoms with Gasteiger partial charge in [0.15, 0.2) is 5.78 Å². The Hall–Kier alpha value is -2.29. The van der Waals surface area contributed by atoms with Gasteiger partial charge >= 0.3 is 0 Å². The van der Waals surface area contributed by atoms with Crippen LogP contribution in [0.1, 0.15) is 15.9 Å². The summed E-state index contributed by atoms with van der Waals surface area (Å²) in [5.41, 5.74) is 1.21. The number of carbonyl (C=O) groups excluding carboxylic acids is 1. The van der Waals surface area contributed by atoms with E-state index in [0.717, 1.165) is 5.56 Å². The van der Waals surface area contributed by atoms with E-state index in [0.29, 0.717) is 11.3 Å². The molecular weight excluding hydrogens is 228 g/mol. The summed E-state index contributed by atoms with van der Waals surface area (Å²) in [6, 6.07) is 14.1. The lowest BCUT2D eigenvalue weighted by molar-refractivity contribution is 0.0990. The van der Waals surface area contributed by atoms with Crippen molar-refractivity contribution < 1.29 is 14.6 Å². The molecule has 0 radical (unpaired) electrons. The van der Waals surface area contributed by atoms with Crippen LogP contribution in [0.5, 0.6) is 11.5 Å². The third-order valence-electron chi connectivity index (χ3n) is 2.71. The van der Waals surface area contributed by atoms with Crippen molar-refractivity contribution in [3.05, 3.63) is 59.7 Å². The first-order valence-corrected chi connectivity index (χ1v) is 5.65. The molecule has 0 aliphatic heterocycles.